The number of aryl methyl sites for hydroxylation is 1. The molecule has 0 aliphatic carbocycles. The van der Waals surface area contributed by atoms with Gasteiger partial charge in [0.1, 0.15) is 0 Å². The summed E-state index contributed by atoms with van der Waals surface area (Å²) in [4.78, 5) is 26.2. The van der Waals surface area contributed by atoms with Crippen LogP contribution < -0.4 is 15.5 Å². The lowest BCUT2D eigenvalue weighted by Gasteiger charge is -2.28. The van der Waals surface area contributed by atoms with Crippen LogP contribution in [0.15, 0.2) is 42.5 Å². The molecule has 2 aromatic carbocycles. The van der Waals surface area contributed by atoms with Crippen molar-refractivity contribution in [3.8, 4) is 0 Å². The maximum absolute atomic E-state index is 12.3. The number of amides is 1. The van der Waals surface area contributed by atoms with Crippen LogP contribution in [0.2, 0.25) is 0 Å². The van der Waals surface area contributed by atoms with E-state index in [1.807, 2.05) is 37.3 Å². The highest BCUT2D eigenvalue weighted by Crippen LogP contribution is 2.20. The summed E-state index contributed by atoms with van der Waals surface area (Å²) in [5.74, 6) is -0.574. The van der Waals surface area contributed by atoms with Gasteiger partial charge in [-0.25, -0.2) is 4.79 Å². The Morgan fingerprint density at radius 2 is 1.82 bits per heavy atom. The monoisotopic (exact) mass is 383 g/mol. The number of carbonyl (C=O) groups is 2. The molecule has 0 aromatic heterocycles. The van der Waals surface area contributed by atoms with E-state index in [1.165, 1.54) is 7.11 Å². The lowest BCUT2D eigenvalue weighted by molar-refractivity contribution is -0.114. The van der Waals surface area contributed by atoms with E-state index in [4.69, 9.17) is 9.47 Å². The molecule has 1 fully saturated rings. The second-order valence-corrected chi connectivity index (χ2v) is 6.57. The average molecular weight is 383 g/mol. The molecule has 0 bridgehead atoms. The van der Waals surface area contributed by atoms with Gasteiger partial charge in [0.05, 0.1) is 32.4 Å². The van der Waals surface area contributed by atoms with E-state index in [9.17, 15) is 9.59 Å². The van der Waals surface area contributed by atoms with Gasteiger partial charge in [0, 0.05) is 30.2 Å². The third-order valence-electron chi connectivity index (χ3n) is 4.63. The SMILES string of the molecule is COC(=O)c1ccc(C)c(NCC(=O)Nc2ccc(N3CCOCC3)cc2)c1. The van der Waals surface area contributed by atoms with Gasteiger partial charge in [-0.05, 0) is 48.9 Å². The Hall–Kier alpha value is -3.06. The van der Waals surface area contributed by atoms with Crippen molar-refractivity contribution < 1.29 is 19.1 Å². The highest BCUT2D eigenvalue weighted by atomic mass is 16.5. The van der Waals surface area contributed by atoms with Crippen LogP contribution in [0.4, 0.5) is 17.1 Å². The first kappa shape index (κ1) is 19.7. The summed E-state index contributed by atoms with van der Waals surface area (Å²) in [6.45, 7) is 5.23. The van der Waals surface area contributed by atoms with Gasteiger partial charge in [0.25, 0.3) is 0 Å². The van der Waals surface area contributed by atoms with Gasteiger partial charge in [0.2, 0.25) is 5.91 Å². The standard InChI is InChI=1S/C21H25N3O4/c1-15-3-4-16(21(26)27-2)13-19(15)22-14-20(25)23-17-5-7-18(8-6-17)24-9-11-28-12-10-24/h3-8,13,22H,9-12,14H2,1-2H3,(H,23,25). The van der Waals surface area contributed by atoms with E-state index in [0.29, 0.717) is 5.56 Å². The van der Waals surface area contributed by atoms with Crippen molar-refractivity contribution in [3.05, 3.63) is 53.6 Å². The summed E-state index contributed by atoms with van der Waals surface area (Å²) < 4.78 is 10.1. The van der Waals surface area contributed by atoms with Gasteiger partial charge in [-0.15, -0.1) is 0 Å². The van der Waals surface area contributed by atoms with Crippen LogP contribution in [0.1, 0.15) is 15.9 Å². The first-order valence-electron chi connectivity index (χ1n) is 9.22. The van der Waals surface area contributed by atoms with Gasteiger partial charge in [-0.1, -0.05) is 6.07 Å². The van der Waals surface area contributed by atoms with Gasteiger partial charge >= 0.3 is 5.97 Å². The topological polar surface area (TPSA) is 79.9 Å². The van der Waals surface area contributed by atoms with E-state index in [-0.39, 0.29) is 12.5 Å². The van der Waals surface area contributed by atoms with Crippen LogP contribution in [0.3, 0.4) is 0 Å². The fraction of sp³-hybridized carbons (Fsp3) is 0.333. The zero-order valence-corrected chi connectivity index (χ0v) is 16.2. The molecule has 7 heteroatoms. The van der Waals surface area contributed by atoms with Gasteiger partial charge in [0.15, 0.2) is 0 Å². The molecule has 1 saturated heterocycles. The molecule has 3 rings (SSSR count). The van der Waals surface area contributed by atoms with Crippen LogP contribution in [-0.2, 0) is 14.3 Å². The predicted molar refractivity (Wildman–Crippen MR) is 109 cm³/mol. The van der Waals surface area contributed by atoms with Crippen molar-refractivity contribution in [2.45, 2.75) is 6.92 Å². The molecule has 0 unspecified atom stereocenters. The third-order valence-corrected chi connectivity index (χ3v) is 4.63. The molecule has 0 spiro atoms. The summed E-state index contributed by atoms with van der Waals surface area (Å²) in [6, 6.07) is 13.0. The Labute approximate surface area is 164 Å². The Morgan fingerprint density at radius 3 is 2.50 bits per heavy atom. The summed E-state index contributed by atoms with van der Waals surface area (Å²) in [6.07, 6.45) is 0. The summed E-state index contributed by atoms with van der Waals surface area (Å²) in [5.41, 5.74) is 3.96. The number of nitrogens with one attached hydrogen (secondary N) is 2. The largest absolute Gasteiger partial charge is 0.465 e. The minimum absolute atomic E-state index is 0.0939. The number of benzene rings is 2. The maximum Gasteiger partial charge on any atom is 0.337 e. The second kappa shape index (κ2) is 9.23. The molecular formula is C21H25N3O4. The van der Waals surface area contributed by atoms with Gasteiger partial charge in [-0.3, -0.25) is 4.79 Å². The van der Waals surface area contributed by atoms with Crippen LogP contribution in [0, 0.1) is 6.92 Å². The average Bonchev–Trinajstić information content (AvgIpc) is 2.73. The highest BCUT2D eigenvalue weighted by Gasteiger charge is 2.12. The number of carbonyl (C=O) groups excluding carboxylic acids is 2. The molecule has 0 saturated carbocycles. The predicted octanol–water partition coefficient (Wildman–Crippen LogP) is 2.67. The Balaban J connectivity index is 1.55. The number of ether oxygens (including phenoxy) is 2. The quantitative estimate of drug-likeness (QED) is 0.747. The number of methoxy groups -OCH3 is 1. The number of hydrogen-bond acceptors (Lipinski definition) is 6. The number of rotatable bonds is 6. The molecule has 7 nitrogen and oxygen atoms in total. The minimum Gasteiger partial charge on any atom is -0.465 e. The summed E-state index contributed by atoms with van der Waals surface area (Å²) in [5, 5.41) is 5.95. The molecule has 1 heterocycles. The molecule has 0 atom stereocenters. The van der Waals surface area contributed by atoms with Crippen molar-refractivity contribution in [1.82, 2.24) is 0 Å². The number of esters is 1. The first-order valence-corrected chi connectivity index (χ1v) is 9.22. The van der Waals surface area contributed by atoms with Crippen molar-refractivity contribution >= 4 is 28.9 Å². The van der Waals surface area contributed by atoms with Crippen LogP contribution in [0.5, 0.6) is 0 Å². The lowest BCUT2D eigenvalue weighted by atomic mass is 10.1. The fourth-order valence-corrected chi connectivity index (χ4v) is 3.02. The number of nitrogens with zero attached hydrogens (tertiary/aromatic N) is 1. The van der Waals surface area contributed by atoms with Crippen molar-refractivity contribution in [2.75, 3.05) is 55.5 Å². The fourth-order valence-electron chi connectivity index (χ4n) is 3.02. The molecule has 1 aliphatic heterocycles. The molecule has 1 amide bonds. The molecule has 2 aromatic rings. The number of morpholine rings is 1. The van der Waals surface area contributed by atoms with E-state index in [1.54, 1.807) is 12.1 Å². The Bertz CT molecular complexity index is 830. The molecule has 2 N–H and O–H groups in total. The Kier molecular flexibility index (Phi) is 6.49. The zero-order valence-electron chi connectivity index (χ0n) is 16.2. The van der Waals surface area contributed by atoms with Crippen LogP contribution >= 0.6 is 0 Å². The smallest absolute Gasteiger partial charge is 0.337 e. The molecule has 1 aliphatic rings. The van der Waals surface area contributed by atoms with Crippen LogP contribution in [0.25, 0.3) is 0 Å². The molecule has 148 valence electrons. The van der Waals surface area contributed by atoms with Gasteiger partial charge < -0.3 is 25.0 Å². The lowest BCUT2D eigenvalue weighted by Crippen LogP contribution is -2.36. The second-order valence-electron chi connectivity index (χ2n) is 6.57. The highest BCUT2D eigenvalue weighted by molar-refractivity contribution is 5.94. The van der Waals surface area contributed by atoms with E-state index in [2.05, 4.69) is 15.5 Å². The van der Waals surface area contributed by atoms with Crippen LogP contribution in [-0.4, -0.2) is 51.8 Å². The van der Waals surface area contributed by atoms with Crippen molar-refractivity contribution in [3.63, 3.8) is 0 Å². The van der Waals surface area contributed by atoms with E-state index >= 15 is 0 Å². The molecule has 28 heavy (non-hydrogen) atoms. The summed E-state index contributed by atoms with van der Waals surface area (Å²) in [7, 11) is 1.34. The number of hydrogen-bond donors (Lipinski definition) is 2. The summed E-state index contributed by atoms with van der Waals surface area (Å²) >= 11 is 0. The minimum atomic E-state index is -0.409. The first-order chi connectivity index (χ1) is 13.6. The maximum atomic E-state index is 12.3. The normalized spacial score (nSPS) is 13.7. The van der Waals surface area contributed by atoms with Gasteiger partial charge in [-0.2, -0.15) is 0 Å². The van der Waals surface area contributed by atoms with Crippen molar-refractivity contribution in [1.29, 1.82) is 0 Å². The van der Waals surface area contributed by atoms with E-state index in [0.717, 1.165) is 48.9 Å². The number of anilines is 3. The Morgan fingerprint density at radius 1 is 1.11 bits per heavy atom. The third kappa shape index (κ3) is 5.01. The van der Waals surface area contributed by atoms with Crippen molar-refractivity contribution in [2.24, 2.45) is 0 Å². The zero-order chi connectivity index (χ0) is 19.9. The molecule has 0 radical (unpaired) electrons. The van der Waals surface area contributed by atoms with E-state index < -0.39 is 5.97 Å². The molecular weight excluding hydrogens is 358 g/mol.